The molecule has 0 heterocycles. The Morgan fingerprint density at radius 3 is 2.54 bits per heavy atom. The molecule has 1 aromatic rings. The van der Waals surface area contributed by atoms with E-state index in [0.29, 0.717) is 17.7 Å². The number of ether oxygens (including phenoxy) is 2. The Hall–Kier alpha value is -2.48. The Bertz CT molecular complexity index is 1200. The van der Waals surface area contributed by atoms with Crippen LogP contribution in [0.1, 0.15) is 58.3 Å². The summed E-state index contributed by atoms with van der Waals surface area (Å²) in [7, 11) is 0. The molecule has 0 aliphatic heterocycles. The number of rotatable bonds is 5. The number of fused-ring (bicyclic) bond motifs is 3. The molecule has 4 aliphatic rings. The van der Waals surface area contributed by atoms with Crippen molar-refractivity contribution in [2.24, 2.45) is 34.5 Å². The SMILES string of the molecule is CC1=C[C@@]23C(=O)[C@@H](C=C(CO)[C@@H](O)[C@]2(O)[C@H]1OC(=O)c1ccccc1OC(C)C)[C@H]1[C@@H](C[C@H]3C)C1(C)C. The minimum atomic E-state index is -2.17. The Morgan fingerprint density at radius 1 is 1.22 bits per heavy atom. The second-order valence-corrected chi connectivity index (χ2v) is 12.3. The summed E-state index contributed by atoms with van der Waals surface area (Å²) in [6.45, 7) is 11.1. The van der Waals surface area contributed by atoms with E-state index in [4.69, 9.17) is 9.47 Å². The third kappa shape index (κ3) is 3.43. The van der Waals surface area contributed by atoms with Crippen molar-refractivity contribution in [2.75, 3.05) is 6.61 Å². The normalized spacial score (nSPS) is 39.6. The van der Waals surface area contributed by atoms with Gasteiger partial charge in [0.15, 0.2) is 17.5 Å². The number of para-hydroxylation sites is 1. The van der Waals surface area contributed by atoms with Crippen LogP contribution in [0, 0.1) is 34.5 Å². The highest BCUT2D eigenvalue weighted by molar-refractivity contribution is 5.96. The van der Waals surface area contributed by atoms with Crippen LogP contribution in [0.15, 0.2) is 47.6 Å². The Balaban J connectivity index is 1.60. The maximum Gasteiger partial charge on any atom is 0.342 e. The van der Waals surface area contributed by atoms with E-state index >= 15 is 0 Å². The van der Waals surface area contributed by atoms with Crippen molar-refractivity contribution in [1.82, 2.24) is 0 Å². The fraction of sp³-hybridized carbons (Fsp3) is 0.600. The molecule has 1 aromatic carbocycles. The van der Waals surface area contributed by atoms with E-state index in [1.807, 2.05) is 20.8 Å². The average molecular weight is 511 g/mol. The maximum absolute atomic E-state index is 14.4. The van der Waals surface area contributed by atoms with Gasteiger partial charge in [-0.2, -0.15) is 0 Å². The van der Waals surface area contributed by atoms with Crippen molar-refractivity contribution in [3.8, 4) is 5.75 Å². The maximum atomic E-state index is 14.4. The van der Waals surface area contributed by atoms with Crippen LogP contribution < -0.4 is 4.74 Å². The standard InChI is InChI=1S/C30H38O7/c1-15(2)36-22-10-8-7-9-19(22)27(34)37-26-16(3)13-29-17(4)11-21-23(28(21,5)6)20(25(29)33)12-18(14-31)24(32)30(26,29)35/h7-10,12-13,15,17,20-21,23-24,26,31-32,35H,11,14H2,1-6H3/t17-,20+,21-,23+,24-,26+,29-,30+/m1/s1. The van der Waals surface area contributed by atoms with E-state index in [9.17, 15) is 24.9 Å². The minimum absolute atomic E-state index is 0.0516. The van der Waals surface area contributed by atoms with Crippen LogP contribution in [0.4, 0.5) is 0 Å². The molecule has 0 radical (unpaired) electrons. The smallest absolute Gasteiger partial charge is 0.342 e. The zero-order valence-electron chi connectivity index (χ0n) is 22.4. The molecule has 2 fully saturated rings. The molecule has 0 amide bonds. The van der Waals surface area contributed by atoms with Crippen molar-refractivity contribution in [3.63, 3.8) is 0 Å². The molecule has 8 atom stereocenters. The van der Waals surface area contributed by atoms with Crippen LogP contribution in [-0.2, 0) is 9.53 Å². The molecule has 37 heavy (non-hydrogen) atoms. The number of benzene rings is 1. The Labute approximate surface area is 218 Å². The molecular formula is C30H38O7. The molecule has 0 saturated heterocycles. The summed E-state index contributed by atoms with van der Waals surface area (Å²) in [5.74, 6) is -1.07. The largest absolute Gasteiger partial charge is 0.490 e. The number of hydrogen-bond acceptors (Lipinski definition) is 7. The number of esters is 1. The van der Waals surface area contributed by atoms with Crippen molar-refractivity contribution in [2.45, 2.75) is 71.9 Å². The monoisotopic (exact) mass is 510 g/mol. The number of carbonyl (C=O) groups excluding carboxylic acids is 2. The first-order valence-corrected chi connectivity index (χ1v) is 13.2. The van der Waals surface area contributed by atoms with Crippen LogP contribution >= 0.6 is 0 Å². The first-order valence-electron chi connectivity index (χ1n) is 13.2. The number of Topliss-reactive ketones (excluding diaryl/α,β-unsaturated/α-hetero) is 1. The van der Waals surface area contributed by atoms with E-state index in [1.54, 1.807) is 43.3 Å². The van der Waals surface area contributed by atoms with Gasteiger partial charge in [-0.15, -0.1) is 0 Å². The summed E-state index contributed by atoms with van der Waals surface area (Å²) >= 11 is 0. The van der Waals surface area contributed by atoms with Crippen molar-refractivity contribution < 1.29 is 34.4 Å². The van der Waals surface area contributed by atoms with Gasteiger partial charge in [-0.05, 0) is 73.6 Å². The lowest BCUT2D eigenvalue weighted by Gasteiger charge is -2.48. The van der Waals surface area contributed by atoms with Gasteiger partial charge < -0.3 is 24.8 Å². The Kier molecular flexibility index (Phi) is 6.02. The first kappa shape index (κ1) is 26.1. The fourth-order valence-corrected chi connectivity index (χ4v) is 7.76. The predicted molar refractivity (Wildman–Crippen MR) is 137 cm³/mol. The molecule has 2 saturated carbocycles. The second-order valence-electron chi connectivity index (χ2n) is 12.3. The summed E-state index contributed by atoms with van der Waals surface area (Å²) in [5.41, 5.74) is -2.80. The number of aliphatic hydroxyl groups excluding tert-OH is 2. The molecule has 7 heteroatoms. The third-order valence-electron chi connectivity index (χ3n) is 9.59. The van der Waals surface area contributed by atoms with Crippen LogP contribution in [0.5, 0.6) is 5.75 Å². The topological polar surface area (TPSA) is 113 Å². The molecule has 4 aliphatic carbocycles. The first-order chi connectivity index (χ1) is 17.3. The highest BCUT2D eigenvalue weighted by Gasteiger charge is 2.76. The zero-order valence-corrected chi connectivity index (χ0v) is 22.4. The van der Waals surface area contributed by atoms with Crippen molar-refractivity contribution in [3.05, 3.63) is 53.1 Å². The molecule has 0 aromatic heterocycles. The van der Waals surface area contributed by atoms with Gasteiger partial charge >= 0.3 is 5.97 Å². The number of ketones is 1. The fourth-order valence-electron chi connectivity index (χ4n) is 7.76. The molecule has 2 bridgehead atoms. The molecule has 1 spiro atoms. The molecule has 5 rings (SSSR count). The average Bonchev–Trinajstić information content (AvgIpc) is 3.32. The van der Waals surface area contributed by atoms with Gasteiger partial charge in [-0.1, -0.05) is 45.1 Å². The molecule has 7 nitrogen and oxygen atoms in total. The van der Waals surface area contributed by atoms with Crippen LogP contribution in [0.2, 0.25) is 0 Å². The zero-order chi connectivity index (χ0) is 27.1. The van der Waals surface area contributed by atoms with Crippen molar-refractivity contribution >= 4 is 11.8 Å². The highest BCUT2D eigenvalue weighted by atomic mass is 16.6. The lowest BCUT2D eigenvalue weighted by atomic mass is 9.59. The number of aliphatic hydroxyl groups is 3. The van der Waals surface area contributed by atoms with E-state index in [1.165, 1.54) is 0 Å². The Morgan fingerprint density at radius 2 is 1.89 bits per heavy atom. The highest BCUT2D eigenvalue weighted by Crippen LogP contribution is 2.71. The summed E-state index contributed by atoms with van der Waals surface area (Å²) in [4.78, 5) is 27.9. The third-order valence-corrected chi connectivity index (χ3v) is 9.59. The summed E-state index contributed by atoms with van der Waals surface area (Å²) in [6, 6.07) is 6.71. The van der Waals surface area contributed by atoms with E-state index < -0.39 is 41.7 Å². The summed E-state index contributed by atoms with van der Waals surface area (Å²) < 4.78 is 11.8. The van der Waals surface area contributed by atoms with E-state index in [2.05, 4.69) is 13.8 Å². The van der Waals surface area contributed by atoms with Crippen LogP contribution in [0.3, 0.4) is 0 Å². The lowest BCUT2D eigenvalue weighted by Crippen LogP contribution is -2.65. The molecule has 3 N–H and O–H groups in total. The lowest BCUT2D eigenvalue weighted by molar-refractivity contribution is -0.190. The molecule has 200 valence electrons. The number of carbonyl (C=O) groups is 2. The number of hydrogen-bond donors (Lipinski definition) is 3. The second kappa shape index (κ2) is 8.52. The van der Waals surface area contributed by atoms with Gasteiger partial charge in [0, 0.05) is 5.92 Å². The minimum Gasteiger partial charge on any atom is -0.490 e. The van der Waals surface area contributed by atoms with Crippen LogP contribution in [-0.4, -0.2) is 57.6 Å². The van der Waals surface area contributed by atoms with Gasteiger partial charge in [0.25, 0.3) is 0 Å². The van der Waals surface area contributed by atoms with Crippen molar-refractivity contribution in [1.29, 1.82) is 0 Å². The van der Waals surface area contributed by atoms with E-state index in [-0.39, 0.29) is 46.2 Å². The van der Waals surface area contributed by atoms with Gasteiger partial charge in [0.05, 0.1) is 18.1 Å². The summed E-state index contributed by atoms with van der Waals surface area (Å²) in [5, 5.41) is 34.4. The van der Waals surface area contributed by atoms with Gasteiger partial charge in [0.1, 0.15) is 17.4 Å². The quantitative estimate of drug-likeness (QED) is 0.411. The van der Waals surface area contributed by atoms with E-state index in [0.717, 1.165) is 0 Å². The number of allylic oxidation sites excluding steroid dienone is 1. The summed E-state index contributed by atoms with van der Waals surface area (Å²) in [6.07, 6.45) is 1.05. The van der Waals surface area contributed by atoms with Crippen LogP contribution in [0.25, 0.3) is 0 Å². The van der Waals surface area contributed by atoms with Gasteiger partial charge in [0.2, 0.25) is 0 Å². The molecule has 0 unspecified atom stereocenters. The van der Waals surface area contributed by atoms with Gasteiger partial charge in [-0.25, -0.2) is 4.79 Å². The predicted octanol–water partition coefficient (Wildman–Crippen LogP) is 3.47. The van der Waals surface area contributed by atoms with Gasteiger partial charge in [-0.3, -0.25) is 4.79 Å². The molecular weight excluding hydrogens is 472 g/mol.